The number of nitrogens with two attached hydrogens (primary N) is 3. The summed E-state index contributed by atoms with van der Waals surface area (Å²) >= 11 is 0. The van der Waals surface area contributed by atoms with Gasteiger partial charge >= 0.3 is 0 Å². The average Bonchev–Trinajstić information content (AvgIpc) is 2.55. The maximum atomic E-state index is 12.2. The standard InChI is InChI=1S/C17H24N6O/c18-16(19)23-17(20)22-14-8-4-7-13(11-14)15(24)21-10-9-12-5-2-1-3-6-12/h4-5,7-8,11H,1-3,6,9-10H2,(H,21,24)(H6,18,19,20,22,23). The van der Waals surface area contributed by atoms with Crippen molar-refractivity contribution in [2.45, 2.75) is 32.1 Å². The van der Waals surface area contributed by atoms with Crippen LogP contribution in [-0.2, 0) is 0 Å². The molecule has 0 atom stereocenters. The van der Waals surface area contributed by atoms with Crippen LogP contribution in [0, 0.1) is 0 Å². The van der Waals surface area contributed by atoms with Crippen molar-refractivity contribution < 1.29 is 4.79 Å². The zero-order chi connectivity index (χ0) is 17.4. The van der Waals surface area contributed by atoms with Gasteiger partial charge in [0.1, 0.15) is 0 Å². The van der Waals surface area contributed by atoms with Crippen molar-refractivity contribution in [3.63, 3.8) is 0 Å². The molecule has 2 rings (SSSR count). The molecule has 128 valence electrons. The number of carbonyl (C=O) groups excluding carboxylic acids is 1. The lowest BCUT2D eigenvalue weighted by Crippen LogP contribution is -2.26. The molecule has 1 aliphatic rings. The Labute approximate surface area is 141 Å². The molecule has 7 nitrogen and oxygen atoms in total. The number of aliphatic imine (C=N–C) groups is 2. The Hall–Kier alpha value is -2.83. The van der Waals surface area contributed by atoms with E-state index in [4.69, 9.17) is 17.2 Å². The van der Waals surface area contributed by atoms with Gasteiger partial charge in [0.25, 0.3) is 5.91 Å². The molecular weight excluding hydrogens is 304 g/mol. The van der Waals surface area contributed by atoms with Gasteiger partial charge in [-0.05, 0) is 50.3 Å². The number of nitrogens with one attached hydrogen (secondary N) is 1. The number of carbonyl (C=O) groups is 1. The molecule has 0 heterocycles. The molecule has 1 aromatic carbocycles. The smallest absolute Gasteiger partial charge is 0.251 e. The quantitative estimate of drug-likeness (QED) is 0.370. The van der Waals surface area contributed by atoms with E-state index < -0.39 is 0 Å². The van der Waals surface area contributed by atoms with Crippen LogP contribution >= 0.6 is 0 Å². The molecule has 7 N–H and O–H groups in total. The van der Waals surface area contributed by atoms with Crippen LogP contribution in [0.4, 0.5) is 5.69 Å². The van der Waals surface area contributed by atoms with Crippen LogP contribution in [0.2, 0.25) is 0 Å². The number of hydrogen-bond donors (Lipinski definition) is 4. The highest BCUT2D eigenvalue weighted by molar-refractivity contribution is 5.96. The Balaban J connectivity index is 1.93. The van der Waals surface area contributed by atoms with E-state index in [1.807, 2.05) is 0 Å². The molecule has 1 aromatic rings. The fourth-order valence-electron chi connectivity index (χ4n) is 2.58. The second-order valence-corrected chi connectivity index (χ2v) is 5.67. The predicted octanol–water partition coefficient (Wildman–Crippen LogP) is 1.53. The van der Waals surface area contributed by atoms with Crippen molar-refractivity contribution in [1.29, 1.82) is 0 Å². The van der Waals surface area contributed by atoms with E-state index in [9.17, 15) is 4.79 Å². The Morgan fingerprint density at radius 1 is 1.21 bits per heavy atom. The number of nitrogens with zero attached hydrogens (tertiary/aromatic N) is 2. The Bertz CT molecular complexity index is 673. The summed E-state index contributed by atoms with van der Waals surface area (Å²) in [4.78, 5) is 19.9. The maximum absolute atomic E-state index is 12.2. The molecule has 0 unspecified atom stereocenters. The van der Waals surface area contributed by atoms with E-state index in [-0.39, 0.29) is 17.8 Å². The Morgan fingerprint density at radius 3 is 2.75 bits per heavy atom. The highest BCUT2D eigenvalue weighted by Gasteiger charge is 2.08. The lowest BCUT2D eigenvalue weighted by molar-refractivity contribution is 0.0954. The molecular formula is C17H24N6O. The van der Waals surface area contributed by atoms with Crippen molar-refractivity contribution in [3.8, 4) is 0 Å². The summed E-state index contributed by atoms with van der Waals surface area (Å²) < 4.78 is 0. The van der Waals surface area contributed by atoms with Gasteiger partial charge in [0.2, 0.25) is 5.96 Å². The van der Waals surface area contributed by atoms with Crippen molar-refractivity contribution in [2.24, 2.45) is 27.2 Å². The molecule has 0 aromatic heterocycles. The monoisotopic (exact) mass is 328 g/mol. The summed E-state index contributed by atoms with van der Waals surface area (Å²) in [6.45, 7) is 0.633. The van der Waals surface area contributed by atoms with Gasteiger partial charge in [-0.3, -0.25) is 4.79 Å². The van der Waals surface area contributed by atoms with E-state index in [1.54, 1.807) is 24.3 Å². The molecule has 1 aliphatic carbocycles. The van der Waals surface area contributed by atoms with Gasteiger partial charge < -0.3 is 22.5 Å². The minimum Gasteiger partial charge on any atom is -0.370 e. The largest absolute Gasteiger partial charge is 0.370 e. The third-order valence-corrected chi connectivity index (χ3v) is 3.71. The minimum absolute atomic E-state index is 0.0585. The topological polar surface area (TPSA) is 132 Å². The van der Waals surface area contributed by atoms with Crippen LogP contribution in [0.5, 0.6) is 0 Å². The van der Waals surface area contributed by atoms with Crippen LogP contribution in [-0.4, -0.2) is 24.4 Å². The summed E-state index contributed by atoms with van der Waals surface area (Å²) in [6.07, 6.45) is 8.01. The lowest BCUT2D eigenvalue weighted by atomic mass is 9.97. The summed E-state index contributed by atoms with van der Waals surface area (Å²) in [6, 6.07) is 6.83. The number of allylic oxidation sites excluding steroid dienone is 1. The van der Waals surface area contributed by atoms with Crippen LogP contribution in [0.1, 0.15) is 42.5 Å². The van der Waals surface area contributed by atoms with Gasteiger partial charge in [0.15, 0.2) is 5.96 Å². The summed E-state index contributed by atoms with van der Waals surface area (Å²) in [5.41, 5.74) is 18.5. The number of amides is 1. The predicted molar refractivity (Wildman–Crippen MR) is 97.0 cm³/mol. The van der Waals surface area contributed by atoms with Crippen molar-refractivity contribution >= 4 is 23.5 Å². The highest BCUT2D eigenvalue weighted by Crippen LogP contribution is 2.19. The van der Waals surface area contributed by atoms with E-state index in [1.165, 1.54) is 18.4 Å². The van der Waals surface area contributed by atoms with Crippen LogP contribution in [0.3, 0.4) is 0 Å². The van der Waals surface area contributed by atoms with Crippen molar-refractivity contribution in [3.05, 3.63) is 41.5 Å². The first-order valence-corrected chi connectivity index (χ1v) is 8.04. The highest BCUT2D eigenvalue weighted by atomic mass is 16.1. The zero-order valence-corrected chi connectivity index (χ0v) is 13.7. The first-order chi connectivity index (χ1) is 11.5. The molecule has 0 saturated heterocycles. The van der Waals surface area contributed by atoms with Gasteiger partial charge in [-0.15, -0.1) is 0 Å². The molecule has 0 spiro atoms. The molecule has 0 radical (unpaired) electrons. The molecule has 7 heteroatoms. The van der Waals surface area contributed by atoms with Gasteiger partial charge in [-0.1, -0.05) is 17.7 Å². The molecule has 1 amide bonds. The zero-order valence-electron chi connectivity index (χ0n) is 13.7. The third-order valence-electron chi connectivity index (χ3n) is 3.71. The molecule has 24 heavy (non-hydrogen) atoms. The first-order valence-electron chi connectivity index (χ1n) is 8.04. The van der Waals surface area contributed by atoms with E-state index in [0.29, 0.717) is 17.8 Å². The maximum Gasteiger partial charge on any atom is 0.251 e. The summed E-state index contributed by atoms with van der Waals surface area (Å²) in [5.74, 6) is -0.358. The minimum atomic E-state index is -0.165. The second kappa shape index (κ2) is 8.71. The fraction of sp³-hybridized carbons (Fsp3) is 0.353. The van der Waals surface area contributed by atoms with Gasteiger partial charge in [-0.2, -0.15) is 4.99 Å². The normalized spacial score (nSPS) is 14.7. The number of guanidine groups is 2. The Kier molecular flexibility index (Phi) is 6.36. The van der Waals surface area contributed by atoms with Crippen LogP contribution in [0.15, 0.2) is 45.9 Å². The van der Waals surface area contributed by atoms with Crippen LogP contribution < -0.4 is 22.5 Å². The van der Waals surface area contributed by atoms with Gasteiger partial charge in [0.05, 0.1) is 5.69 Å². The van der Waals surface area contributed by atoms with E-state index in [2.05, 4.69) is 21.4 Å². The SMILES string of the molecule is NC(N)=NC(N)=Nc1cccc(C(=O)NCCC2=CCCCC2)c1. The first kappa shape index (κ1) is 17.5. The summed E-state index contributed by atoms with van der Waals surface area (Å²) in [5, 5.41) is 2.93. The van der Waals surface area contributed by atoms with Crippen molar-refractivity contribution in [1.82, 2.24) is 5.32 Å². The van der Waals surface area contributed by atoms with Gasteiger partial charge in [0, 0.05) is 12.1 Å². The van der Waals surface area contributed by atoms with Crippen LogP contribution in [0.25, 0.3) is 0 Å². The molecule has 0 fully saturated rings. The third kappa shape index (κ3) is 5.75. The molecule has 0 saturated carbocycles. The molecule has 0 aliphatic heterocycles. The lowest BCUT2D eigenvalue weighted by Gasteiger charge is -2.13. The van der Waals surface area contributed by atoms with E-state index in [0.717, 1.165) is 19.3 Å². The fourth-order valence-corrected chi connectivity index (χ4v) is 2.58. The summed E-state index contributed by atoms with van der Waals surface area (Å²) in [7, 11) is 0. The number of benzene rings is 1. The molecule has 0 bridgehead atoms. The van der Waals surface area contributed by atoms with E-state index >= 15 is 0 Å². The van der Waals surface area contributed by atoms with Crippen molar-refractivity contribution in [2.75, 3.05) is 6.54 Å². The van der Waals surface area contributed by atoms with Gasteiger partial charge in [-0.25, -0.2) is 4.99 Å². The number of rotatable bonds is 5. The number of hydrogen-bond acceptors (Lipinski definition) is 2. The second-order valence-electron chi connectivity index (χ2n) is 5.67. The Morgan fingerprint density at radius 2 is 2.04 bits per heavy atom. The average molecular weight is 328 g/mol.